The maximum Gasteiger partial charge on any atom is 0.0438 e. The molecule has 0 saturated heterocycles. The molecule has 2 atom stereocenters. The first-order valence-corrected chi connectivity index (χ1v) is 7.06. The minimum atomic E-state index is -0.0437. The lowest BCUT2D eigenvalue weighted by Crippen LogP contribution is -2.50. The molecule has 1 aromatic carbocycles. The Kier molecular flexibility index (Phi) is 4.11. The van der Waals surface area contributed by atoms with Crippen LogP contribution in [0.1, 0.15) is 44.6 Å². The number of nitrogens with two attached hydrogens (primary N) is 1. The van der Waals surface area contributed by atoms with Gasteiger partial charge in [-0.3, -0.25) is 0 Å². The van der Waals surface area contributed by atoms with Crippen molar-refractivity contribution in [1.29, 1.82) is 0 Å². The zero-order valence-electron chi connectivity index (χ0n) is 10.6. The fourth-order valence-corrected chi connectivity index (χ4v) is 3.38. The van der Waals surface area contributed by atoms with Crippen molar-refractivity contribution in [2.24, 2.45) is 11.7 Å². The van der Waals surface area contributed by atoms with E-state index in [9.17, 15) is 0 Å². The van der Waals surface area contributed by atoms with Crippen LogP contribution in [0.25, 0.3) is 0 Å². The van der Waals surface area contributed by atoms with Crippen molar-refractivity contribution in [1.82, 2.24) is 0 Å². The minimum absolute atomic E-state index is 0.0437. The van der Waals surface area contributed by atoms with Gasteiger partial charge in [0.1, 0.15) is 0 Å². The van der Waals surface area contributed by atoms with E-state index < -0.39 is 0 Å². The molecular weight excluding hydrogens is 230 g/mol. The van der Waals surface area contributed by atoms with Gasteiger partial charge >= 0.3 is 0 Å². The molecule has 1 nitrogen and oxygen atoms in total. The van der Waals surface area contributed by atoms with Crippen LogP contribution in [0.5, 0.6) is 0 Å². The molecule has 1 fully saturated rings. The summed E-state index contributed by atoms with van der Waals surface area (Å²) in [6.45, 7) is 2.25. The Morgan fingerprint density at radius 3 is 2.82 bits per heavy atom. The molecule has 0 radical (unpaired) electrons. The van der Waals surface area contributed by atoms with Gasteiger partial charge < -0.3 is 5.73 Å². The lowest BCUT2D eigenvalue weighted by Gasteiger charge is -2.41. The monoisotopic (exact) mass is 251 g/mol. The fraction of sp³-hybridized carbons (Fsp3) is 0.600. The van der Waals surface area contributed by atoms with Gasteiger partial charge in [0.2, 0.25) is 0 Å². The molecule has 94 valence electrons. The highest BCUT2D eigenvalue weighted by atomic mass is 35.5. The first-order valence-electron chi connectivity index (χ1n) is 6.68. The number of halogens is 1. The third-order valence-corrected chi connectivity index (χ3v) is 4.60. The van der Waals surface area contributed by atoms with Crippen LogP contribution in [0.15, 0.2) is 24.3 Å². The van der Waals surface area contributed by atoms with Gasteiger partial charge in [-0.25, -0.2) is 0 Å². The first-order chi connectivity index (χ1) is 8.15. The SMILES string of the molecule is CCC1CCCCC1(N)Cc1ccccc1Cl. The van der Waals surface area contributed by atoms with Gasteiger partial charge in [0.25, 0.3) is 0 Å². The van der Waals surface area contributed by atoms with Crippen LogP contribution in [0, 0.1) is 5.92 Å². The second kappa shape index (κ2) is 5.41. The molecule has 2 rings (SSSR count). The van der Waals surface area contributed by atoms with Crippen molar-refractivity contribution in [3.05, 3.63) is 34.9 Å². The summed E-state index contributed by atoms with van der Waals surface area (Å²) >= 11 is 6.24. The summed E-state index contributed by atoms with van der Waals surface area (Å²) in [5.74, 6) is 0.646. The molecule has 2 heteroatoms. The topological polar surface area (TPSA) is 26.0 Å². The Balaban J connectivity index is 2.18. The largest absolute Gasteiger partial charge is 0.325 e. The van der Waals surface area contributed by atoms with Crippen molar-refractivity contribution in [2.45, 2.75) is 51.0 Å². The average molecular weight is 252 g/mol. The van der Waals surface area contributed by atoms with Crippen molar-refractivity contribution >= 4 is 11.6 Å². The summed E-state index contributed by atoms with van der Waals surface area (Å²) in [7, 11) is 0. The van der Waals surface area contributed by atoms with Gasteiger partial charge in [-0.05, 0) is 36.8 Å². The predicted molar refractivity (Wildman–Crippen MR) is 74.3 cm³/mol. The molecule has 17 heavy (non-hydrogen) atoms. The molecule has 1 aliphatic rings. The third kappa shape index (κ3) is 2.83. The summed E-state index contributed by atoms with van der Waals surface area (Å²) in [5, 5.41) is 0.859. The Labute approximate surface area is 109 Å². The standard InChI is InChI=1S/C15H22ClN/c1-2-13-8-5-6-10-15(13,17)11-12-7-3-4-9-14(12)16/h3-4,7,9,13H,2,5-6,8,10-11,17H2,1H3. The summed E-state index contributed by atoms with van der Waals surface area (Å²) < 4.78 is 0. The normalized spacial score (nSPS) is 29.2. The Morgan fingerprint density at radius 1 is 1.35 bits per heavy atom. The van der Waals surface area contributed by atoms with Crippen molar-refractivity contribution < 1.29 is 0 Å². The van der Waals surface area contributed by atoms with Crippen LogP contribution < -0.4 is 5.73 Å². The maximum atomic E-state index is 6.66. The number of hydrogen-bond donors (Lipinski definition) is 1. The number of benzene rings is 1. The second-order valence-corrected chi connectivity index (χ2v) is 5.76. The van der Waals surface area contributed by atoms with Crippen LogP contribution in [-0.2, 0) is 6.42 Å². The summed E-state index contributed by atoms with van der Waals surface area (Å²) in [6, 6.07) is 8.10. The van der Waals surface area contributed by atoms with Gasteiger partial charge in [-0.2, -0.15) is 0 Å². The second-order valence-electron chi connectivity index (χ2n) is 5.35. The molecule has 0 spiro atoms. The van der Waals surface area contributed by atoms with Crippen LogP contribution in [0.3, 0.4) is 0 Å². The highest BCUT2D eigenvalue weighted by molar-refractivity contribution is 6.31. The Morgan fingerprint density at radius 2 is 2.12 bits per heavy atom. The predicted octanol–water partition coefficient (Wildman–Crippen LogP) is 4.18. The van der Waals surface area contributed by atoms with E-state index in [4.69, 9.17) is 17.3 Å². The van der Waals surface area contributed by atoms with Gasteiger partial charge in [0.15, 0.2) is 0 Å². The smallest absolute Gasteiger partial charge is 0.0438 e. The molecule has 0 bridgehead atoms. The highest BCUT2D eigenvalue weighted by Gasteiger charge is 2.36. The number of hydrogen-bond acceptors (Lipinski definition) is 1. The van der Waals surface area contributed by atoms with E-state index in [2.05, 4.69) is 13.0 Å². The lowest BCUT2D eigenvalue weighted by molar-refractivity contribution is 0.182. The minimum Gasteiger partial charge on any atom is -0.325 e. The molecule has 1 aliphatic carbocycles. The molecular formula is C15H22ClN. The van der Waals surface area contributed by atoms with E-state index in [1.807, 2.05) is 18.2 Å². The average Bonchev–Trinajstić information content (AvgIpc) is 2.32. The summed E-state index contributed by atoms with van der Waals surface area (Å²) in [6.07, 6.45) is 7.11. The zero-order valence-corrected chi connectivity index (χ0v) is 11.3. The fourth-order valence-electron chi connectivity index (χ4n) is 3.18. The Bertz CT molecular complexity index is 377. The van der Waals surface area contributed by atoms with Gasteiger partial charge in [-0.15, -0.1) is 0 Å². The van der Waals surface area contributed by atoms with E-state index in [-0.39, 0.29) is 5.54 Å². The summed E-state index contributed by atoms with van der Waals surface area (Å²) in [4.78, 5) is 0. The molecule has 1 saturated carbocycles. The molecule has 2 N–H and O–H groups in total. The molecule has 0 aliphatic heterocycles. The zero-order chi connectivity index (χ0) is 12.3. The van der Waals surface area contributed by atoms with E-state index in [1.54, 1.807) is 0 Å². The van der Waals surface area contributed by atoms with E-state index in [1.165, 1.54) is 31.2 Å². The molecule has 2 unspecified atom stereocenters. The Hall–Kier alpha value is -0.530. The van der Waals surface area contributed by atoms with E-state index in [0.717, 1.165) is 17.9 Å². The van der Waals surface area contributed by atoms with E-state index in [0.29, 0.717) is 5.92 Å². The van der Waals surface area contributed by atoms with Crippen LogP contribution in [0.2, 0.25) is 5.02 Å². The maximum absolute atomic E-state index is 6.66. The summed E-state index contributed by atoms with van der Waals surface area (Å²) in [5.41, 5.74) is 7.82. The van der Waals surface area contributed by atoms with Gasteiger partial charge in [-0.1, -0.05) is 56.0 Å². The molecule has 0 heterocycles. The quantitative estimate of drug-likeness (QED) is 0.857. The third-order valence-electron chi connectivity index (χ3n) is 4.23. The number of rotatable bonds is 3. The first kappa shape index (κ1) is 12.9. The van der Waals surface area contributed by atoms with Crippen molar-refractivity contribution in [2.75, 3.05) is 0 Å². The lowest BCUT2D eigenvalue weighted by atomic mass is 9.69. The van der Waals surface area contributed by atoms with Gasteiger partial charge in [0.05, 0.1) is 0 Å². The molecule has 0 aromatic heterocycles. The molecule has 0 amide bonds. The van der Waals surface area contributed by atoms with E-state index >= 15 is 0 Å². The van der Waals surface area contributed by atoms with Crippen molar-refractivity contribution in [3.63, 3.8) is 0 Å². The molecule has 1 aromatic rings. The van der Waals surface area contributed by atoms with Crippen LogP contribution in [0.4, 0.5) is 0 Å². The van der Waals surface area contributed by atoms with Crippen LogP contribution >= 0.6 is 11.6 Å². The highest BCUT2D eigenvalue weighted by Crippen LogP contribution is 2.37. The van der Waals surface area contributed by atoms with Crippen molar-refractivity contribution in [3.8, 4) is 0 Å². The van der Waals surface area contributed by atoms with Gasteiger partial charge in [0, 0.05) is 10.6 Å². The van der Waals surface area contributed by atoms with Crippen LogP contribution in [-0.4, -0.2) is 5.54 Å².